The van der Waals surface area contributed by atoms with Gasteiger partial charge in [0.15, 0.2) is 0 Å². The molecule has 0 bridgehead atoms. The van der Waals surface area contributed by atoms with Gasteiger partial charge in [-0.15, -0.1) is 0 Å². The van der Waals surface area contributed by atoms with Gasteiger partial charge in [-0.25, -0.2) is 0 Å². The molecule has 0 aromatic carbocycles. The molecule has 0 aromatic rings. The van der Waals surface area contributed by atoms with Gasteiger partial charge < -0.3 is 9.90 Å². The maximum atomic E-state index is 11.0. The molecule has 154 valence electrons. The van der Waals surface area contributed by atoms with Crippen molar-refractivity contribution in [2.24, 2.45) is 11.8 Å². The number of Topliss-reactive ketones (excluding diaryl/α,β-unsaturated/α-hetero) is 1. The van der Waals surface area contributed by atoms with Crippen molar-refractivity contribution >= 4 is 5.78 Å². The molecule has 0 amide bonds. The monoisotopic (exact) mass is 374 g/mol. The lowest BCUT2D eigenvalue weighted by molar-refractivity contribution is -0.117. The van der Waals surface area contributed by atoms with Crippen LogP contribution in [0.1, 0.15) is 97.8 Å². The molecule has 0 heterocycles. The second-order valence-electron chi connectivity index (χ2n) is 8.16. The van der Waals surface area contributed by atoms with Crippen molar-refractivity contribution in [3.8, 4) is 0 Å². The number of rotatable bonds is 14. The predicted octanol–water partition coefficient (Wildman–Crippen LogP) is 6.94. The molecule has 2 heteroatoms. The quantitative estimate of drug-likeness (QED) is 0.203. The van der Waals surface area contributed by atoms with Crippen molar-refractivity contribution in [3.63, 3.8) is 0 Å². The number of aliphatic hydroxyl groups is 1. The third kappa shape index (κ3) is 10.7. The average molecular weight is 375 g/mol. The van der Waals surface area contributed by atoms with Crippen LogP contribution in [0.5, 0.6) is 0 Å². The Morgan fingerprint density at radius 2 is 1.89 bits per heavy atom. The summed E-state index contributed by atoms with van der Waals surface area (Å²) in [6, 6.07) is 0. The highest BCUT2D eigenvalue weighted by atomic mass is 16.3. The smallest absolute Gasteiger partial charge is 0.129 e. The van der Waals surface area contributed by atoms with Gasteiger partial charge in [0, 0.05) is 6.42 Å². The number of hydrogen-bond acceptors (Lipinski definition) is 2. The molecule has 0 spiro atoms. The lowest BCUT2D eigenvalue weighted by Gasteiger charge is -2.20. The highest BCUT2D eigenvalue weighted by molar-refractivity contribution is 5.75. The summed E-state index contributed by atoms with van der Waals surface area (Å²) in [5.41, 5.74) is 1.48. The van der Waals surface area contributed by atoms with Crippen molar-refractivity contribution in [2.45, 2.75) is 104 Å². The first kappa shape index (κ1) is 23.9. The molecule has 1 aliphatic carbocycles. The average Bonchev–Trinajstić information content (AvgIpc) is 2.97. The van der Waals surface area contributed by atoms with Crippen LogP contribution in [-0.2, 0) is 4.79 Å². The zero-order chi connectivity index (χ0) is 19.9. The molecule has 27 heavy (non-hydrogen) atoms. The van der Waals surface area contributed by atoms with E-state index in [0.717, 1.165) is 32.1 Å². The molecular formula is C25H42O2. The Labute approximate surface area is 167 Å². The van der Waals surface area contributed by atoms with Gasteiger partial charge in [-0.3, -0.25) is 0 Å². The van der Waals surface area contributed by atoms with Crippen molar-refractivity contribution in [2.75, 3.05) is 0 Å². The Balaban J connectivity index is 2.25. The van der Waals surface area contributed by atoms with Crippen LogP contribution in [0, 0.1) is 11.8 Å². The third-order valence-corrected chi connectivity index (χ3v) is 5.79. The number of carbonyl (C=O) groups is 1. The number of allylic oxidation sites excluding steroid dienone is 6. The minimum Gasteiger partial charge on any atom is -0.393 e. The second-order valence-corrected chi connectivity index (χ2v) is 8.16. The normalized spacial score (nSPS) is 23.7. The lowest BCUT2D eigenvalue weighted by Crippen LogP contribution is -2.18. The Bertz CT molecular complexity index is 487. The van der Waals surface area contributed by atoms with Crippen LogP contribution >= 0.6 is 0 Å². The molecule has 0 aromatic heterocycles. The fourth-order valence-electron chi connectivity index (χ4n) is 4.32. The van der Waals surface area contributed by atoms with E-state index in [-0.39, 0.29) is 11.9 Å². The first-order chi connectivity index (χ1) is 13.1. The van der Waals surface area contributed by atoms with Gasteiger partial charge in [-0.2, -0.15) is 0 Å². The van der Waals surface area contributed by atoms with Crippen molar-refractivity contribution < 1.29 is 9.90 Å². The van der Waals surface area contributed by atoms with Crippen molar-refractivity contribution in [1.82, 2.24) is 0 Å². The van der Waals surface area contributed by atoms with Crippen LogP contribution in [0.4, 0.5) is 0 Å². The van der Waals surface area contributed by atoms with Crippen LogP contribution in [0.2, 0.25) is 0 Å². The summed E-state index contributed by atoms with van der Waals surface area (Å²) in [5, 5.41) is 10.3. The number of aliphatic hydroxyl groups excluding tert-OH is 1. The molecular weight excluding hydrogens is 332 g/mol. The molecule has 2 nitrogen and oxygen atoms in total. The van der Waals surface area contributed by atoms with Gasteiger partial charge in [0.05, 0.1) is 6.10 Å². The van der Waals surface area contributed by atoms with Crippen LogP contribution in [-0.4, -0.2) is 17.0 Å². The first-order valence-electron chi connectivity index (χ1n) is 11.2. The van der Waals surface area contributed by atoms with E-state index in [1.54, 1.807) is 6.92 Å². The largest absolute Gasteiger partial charge is 0.393 e. The third-order valence-electron chi connectivity index (χ3n) is 5.79. The van der Waals surface area contributed by atoms with Crippen LogP contribution in [0.25, 0.3) is 0 Å². The molecule has 1 aliphatic rings. The second kappa shape index (κ2) is 14.9. The van der Waals surface area contributed by atoms with E-state index in [1.807, 2.05) is 0 Å². The molecule has 3 atom stereocenters. The minimum absolute atomic E-state index is 0.120. The van der Waals surface area contributed by atoms with Gasteiger partial charge in [0.25, 0.3) is 0 Å². The van der Waals surface area contributed by atoms with E-state index >= 15 is 0 Å². The predicted molar refractivity (Wildman–Crippen MR) is 117 cm³/mol. The van der Waals surface area contributed by atoms with E-state index < -0.39 is 0 Å². The van der Waals surface area contributed by atoms with Crippen LogP contribution in [0.3, 0.4) is 0 Å². The zero-order valence-electron chi connectivity index (χ0n) is 18.0. The number of unbranched alkanes of at least 4 members (excludes halogenated alkanes) is 3. The van der Waals surface area contributed by atoms with Crippen molar-refractivity contribution in [1.29, 1.82) is 0 Å². The van der Waals surface area contributed by atoms with Crippen LogP contribution < -0.4 is 0 Å². The summed E-state index contributed by atoms with van der Waals surface area (Å²) >= 11 is 0. The molecule has 0 aliphatic heterocycles. The summed E-state index contributed by atoms with van der Waals surface area (Å²) in [4.78, 5) is 11.0. The van der Waals surface area contributed by atoms with Gasteiger partial charge >= 0.3 is 0 Å². The summed E-state index contributed by atoms with van der Waals surface area (Å²) in [5.74, 6) is 1.40. The summed E-state index contributed by atoms with van der Waals surface area (Å²) < 4.78 is 0. The van der Waals surface area contributed by atoms with Gasteiger partial charge in [-0.1, -0.05) is 62.1 Å². The van der Waals surface area contributed by atoms with E-state index in [4.69, 9.17) is 0 Å². The van der Waals surface area contributed by atoms with E-state index in [0.29, 0.717) is 18.3 Å². The standard InChI is InChI=1S/C25H42O2/c1-4-13-22(14-5-2)16-10-8-11-17-23-19-20-25(27)24(23)18-12-7-6-9-15-21(3)26/h4,7,12-14,23-25,27H,5-6,8-11,15-20H2,1-3H3/b12-7-,13-4-,22-14+/t23?,24-,25+/m1/s1. The summed E-state index contributed by atoms with van der Waals surface area (Å²) in [6.07, 6.45) is 24.2. The Morgan fingerprint density at radius 3 is 2.59 bits per heavy atom. The van der Waals surface area contributed by atoms with Crippen molar-refractivity contribution in [3.05, 3.63) is 36.0 Å². The molecule has 1 rings (SSSR count). The zero-order valence-corrected chi connectivity index (χ0v) is 18.0. The molecule has 1 unspecified atom stereocenters. The Kier molecular flexibility index (Phi) is 13.1. The van der Waals surface area contributed by atoms with E-state index in [9.17, 15) is 9.90 Å². The lowest BCUT2D eigenvalue weighted by atomic mass is 9.87. The van der Waals surface area contributed by atoms with E-state index in [2.05, 4.69) is 44.2 Å². The van der Waals surface area contributed by atoms with Gasteiger partial charge in [0.2, 0.25) is 0 Å². The SMILES string of the molecule is C/C=C\C(=C/CC)CCCCCC1CC[C@H](O)[C@@H]1C/C=C\CCCC(C)=O. The highest BCUT2D eigenvalue weighted by Gasteiger charge is 2.33. The topological polar surface area (TPSA) is 37.3 Å². The maximum Gasteiger partial charge on any atom is 0.129 e. The number of hydrogen-bond donors (Lipinski definition) is 1. The minimum atomic E-state index is -0.120. The molecule has 1 fully saturated rings. The molecule has 1 saturated carbocycles. The molecule has 0 radical (unpaired) electrons. The van der Waals surface area contributed by atoms with Gasteiger partial charge in [0.1, 0.15) is 5.78 Å². The summed E-state index contributed by atoms with van der Waals surface area (Å²) in [7, 11) is 0. The Morgan fingerprint density at radius 1 is 1.07 bits per heavy atom. The molecule has 0 saturated heterocycles. The highest BCUT2D eigenvalue weighted by Crippen LogP contribution is 2.38. The molecule has 1 N–H and O–H groups in total. The number of ketones is 1. The maximum absolute atomic E-state index is 11.0. The fourth-order valence-corrected chi connectivity index (χ4v) is 4.32. The van der Waals surface area contributed by atoms with E-state index in [1.165, 1.54) is 44.1 Å². The van der Waals surface area contributed by atoms with Crippen LogP contribution in [0.15, 0.2) is 36.0 Å². The first-order valence-corrected chi connectivity index (χ1v) is 11.2. The summed E-state index contributed by atoms with van der Waals surface area (Å²) in [6.45, 7) is 5.95. The number of carbonyl (C=O) groups excluding carboxylic acids is 1. The Hall–Kier alpha value is -1.15. The fraction of sp³-hybridized carbons (Fsp3) is 0.720. The van der Waals surface area contributed by atoms with Gasteiger partial charge in [-0.05, 0) is 77.0 Å².